The van der Waals surface area contributed by atoms with Gasteiger partial charge in [0.1, 0.15) is 5.82 Å². The molecule has 166 valence electrons. The second-order valence-electron chi connectivity index (χ2n) is 8.71. The fourth-order valence-corrected chi connectivity index (χ4v) is 4.47. The standard InChI is InChI=1S/C24H34N6O/c1-3-4-5-9-14-20-26-22-21(23(31)28(20)2)30(16-18-11-7-6-8-12-18)24(27-22)29-15-10-13-19(25)17-29/h6-8,11-12,19H,3-5,9-10,13-17,25H2,1-2H3. The van der Waals surface area contributed by atoms with Gasteiger partial charge in [0, 0.05) is 32.6 Å². The molecule has 2 aromatic heterocycles. The number of aryl methyl sites for hydroxylation is 1. The number of hydrogen-bond acceptors (Lipinski definition) is 5. The minimum atomic E-state index is -0.0218. The van der Waals surface area contributed by atoms with Gasteiger partial charge in [-0.25, -0.2) is 4.98 Å². The maximum absolute atomic E-state index is 13.4. The van der Waals surface area contributed by atoms with Crippen LogP contribution in [0.1, 0.15) is 56.8 Å². The van der Waals surface area contributed by atoms with Crippen LogP contribution in [-0.2, 0) is 20.0 Å². The van der Waals surface area contributed by atoms with Gasteiger partial charge in [-0.05, 0) is 24.8 Å². The first kappa shape index (κ1) is 21.6. The minimum Gasteiger partial charge on any atom is -0.341 e. The second kappa shape index (κ2) is 9.64. The molecule has 0 spiro atoms. The van der Waals surface area contributed by atoms with E-state index in [1.807, 2.05) is 29.8 Å². The van der Waals surface area contributed by atoms with Gasteiger partial charge in [0.2, 0.25) is 5.95 Å². The van der Waals surface area contributed by atoms with Gasteiger partial charge in [0.25, 0.3) is 5.56 Å². The van der Waals surface area contributed by atoms with Crippen molar-refractivity contribution in [2.75, 3.05) is 18.0 Å². The summed E-state index contributed by atoms with van der Waals surface area (Å²) in [6.07, 6.45) is 7.46. The van der Waals surface area contributed by atoms with E-state index < -0.39 is 0 Å². The lowest BCUT2D eigenvalue weighted by molar-refractivity contribution is 0.495. The molecule has 0 radical (unpaired) electrons. The maximum Gasteiger partial charge on any atom is 0.279 e. The summed E-state index contributed by atoms with van der Waals surface area (Å²) in [6.45, 7) is 4.44. The summed E-state index contributed by atoms with van der Waals surface area (Å²) in [4.78, 5) is 25.4. The van der Waals surface area contributed by atoms with Crippen molar-refractivity contribution in [1.82, 2.24) is 19.1 Å². The summed E-state index contributed by atoms with van der Waals surface area (Å²) in [5.41, 5.74) is 8.50. The zero-order valence-electron chi connectivity index (χ0n) is 18.8. The molecule has 1 unspecified atom stereocenters. The largest absolute Gasteiger partial charge is 0.341 e. The van der Waals surface area contributed by atoms with Crippen molar-refractivity contribution in [3.63, 3.8) is 0 Å². The number of nitrogens with two attached hydrogens (primary N) is 1. The van der Waals surface area contributed by atoms with Crippen LogP contribution in [0.5, 0.6) is 0 Å². The van der Waals surface area contributed by atoms with Gasteiger partial charge in [-0.2, -0.15) is 4.98 Å². The van der Waals surface area contributed by atoms with E-state index in [0.29, 0.717) is 17.7 Å². The van der Waals surface area contributed by atoms with E-state index >= 15 is 0 Å². The molecule has 1 aliphatic heterocycles. The van der Waals surface area contributed by atoms with Crippen LogP contribution in [0.4, 0.5) is 5.95 Å². The first-order valence-electron chi connectivity index (χ1n) is 11.6. The number of piperidine rings is 1. The third kappa shape index (κ3) is 4.66. The van der Waals surface area contributed by atoms with E-state index in [1.54, 1.807) is 4.57 Å². The number of rotatable bonds is 8. The molecule has 0 aliphatic carbocycles. The summed E-state index contributed by atoms with van der Waals surface area (Å²) in [5, 5.41) is 0. The van der Waals surface area contributed by atoms with Crippen LogP contribution in [0.25, 0.3) is 11.2 Å². The van der Waals surface area contributed by atoms with Gasteiger partial charge >= 0.3 is 0 Å². The molecule has 4 rings (SSSR count). The first-order valence-corrected chi connectivity index (χ1v) is 11.6. The zero-order chi connectivity index (χ0) is 21.8. The highest BCUT2D eigenvalue weighted by molar-refractivity contribution is 5.74. The number of hydrogen-bond donors (Lipinski definition) is 1. The maximum atomic E-state index is 13.4. The molecule has 31 heavy (non-hydrogen) atoms. The molecule has 0 bridgehead atoms. The average Bonchev–Trinajstić information content (AvgIpc) is 3.13. The molecule has 7 heteroatoms. The summed E-state index contributed by atoms with van der Waals surface area (Å²) in [5.74, 6) is 1.63. The van der Waals surface area contributed by atoms with Gasteiger partial charge in [0.15, 0.2) is 11.2 Å². The Hall–Kier alpha value is -2.67. The van der Waals surface area contributed by atoms with Crippen molar-refractivity contribution in [2.45, 2.75) is 64.5 Å². The monoisotopic (exact) mass is 422 g/mol. The number of unbranched alkanes of at least 4 members (excludes halogenated alkanes) is 3. The molecule has 1 saturated heterocycles. The van der Waals surface area contributed by atoms with Crippen molar-refractivity contribution >= 4 is 17.1 Å². The number of aromatic nitrogens is 4. The second-order valence-corrected chi connectivity index (χ2v) is 8.71. The molecule has 0 saturated carbocycles. The predicted octanol–water partition coefficient (Wildman–Crippen LogP) is 3.23. The first-order chi connectivity index (χ1) is 15.1. The Balaban J connectivity index is 1.78. The molecule has 0 amide bonds. The van der Waals surface area contributed by atoms with Crippen LogP contribution in [0, 0.1) is 0 Å². The third-order valence-electron chi connectivity index (χ3n) is 6.24. The minimum absolute atomic E-state index is 0.0218. The fourth-order valence-electron chi connectivity index (χ4n) is 4.47. The van der Waals surface area contributed by atoms with Crippen LogP contribution in [0.15, 0.2) is 35.1 Å². The lowest BCUT2D eigenvalue weighted by Gasteiger charge is -2.31. The van der Waals surface area contributed by atoms with Gasteiger partial charge < -0.3 is 10.6 Å². The number of anilines is 1. The molecule has 3 aromatic rings. The normalized spacial score (nSPS) is 16.9. The fraction of sp³-hybridized carbons (Fsp3) is 0.542. The van der Waals surface area contributed by atoms with Gasteiger partial charge in [0.05, 0.1) is 6.54 Å². The Labute approximate surface area is 183 Å². The van der Waals surface area contributed by atoms with E-state index in [9.17, 15) is 4.79 Å². The summed E-state index contributed by atoms with van der Waals surface area (Å²) >= 11 is 0. The Morgan fingerprint density at radius 3 is 2.68 bits per heavy atom. The van der Waals surface area contributed by atoms with E-state index in [-0.39, 0.29) is 11.6 Å². The average molecular weight is 423 g/mol. The highest BCUT2D eigenvalue weighted by Gasteiger charge is 2.25. The van der Waals surface area contributed by atoms with Gasteiger partial charge in [-0.1, -0.05) is 56.5 Å². The molecule has 3 heterocycles. The molecular formula is C24H34N6O. The summed E-state index contributed by atoms with van der Waals surface area (Å²) in [6, 6.07) is 10.3. The topological polar surface area (TPSA) is 82.0 Å². The van der Waals surface area contributed by atoms with Crippen LogP contribution in [-0.4, -0.2) is 38.2 Å². The summed E-state index contributed by atoms with van der Waals surface area (Å²) in [7, 11) is 1.83. The number of benzene rings is 1. The zero-order valence-corrected chi connectivity index (χ0v) is 18.8. The Kier molecular flexibility index (Phi) is 6.70. The van der Waals surface area contributed by atoms with Crippen LogP contribution in [0.3, 0.4) is 0 Å². The van der Waals surface area contributed by atoms with Crippen LogP contribution in [0.2, 0.25) is 0 Å². The van der Waals surface area contributed by atoms with Crippen molar-refractivity contribution in [1.29, 1.82) is 0 Å². The third-order valence-corrected chi connectivity index (χ3v) is 6.24. The lowest BCUT2D eigenvalue weighted by Crippen LogP contribution is -2.44. The van der Waals surface area contributed by atoms with Gasteiger partial charge in [-0.3, -0.25) is 13.9 Å². The number of fused-ring (bicyclic) bond motifs is 1. The molecule has 1 atom stereocenters. The molecule has 1 fully saturated rings. The van der Waals surface area contributed by atoms with E-state index in [4.69, 9.17) is 15.7 Å². The van der Waals surface area contributed by atoms with Crippen molar-refractivity contribution in [3.05, 3.63) is 52.1 Å². The number of imidazole rings is 1. The SMILES string of the molecule is CCCCCCc1nc2nc(N3CCCC(N)C3)n(Cc3ccccc3)c2c(=O)n1C. The highest BCUT2D eigenvalue weighted by Crippen LogP contribution is 2.24. The number of nitrogens with zero attached hydrogens (tertiary/aromatic N) is 5. The van der Waals surface area contributed by atoms with Gasteiger partial charge in [-0.15, -0.1) is 0 Å². The van der Waals surface area contributed by atoms with Crippen molar-refractivity contribution in [3.8, 4) is 0 Å². The molecule has 7 nitrogen and oxygen atoms in total. The Bertz CT molecular complexity index is 1070. The predicted molar refractivity (Wildman–Crippen MR) is 126 cm³/mol. The Morgan fingerprint density at radius 1 is 1.13 bits per heavy atom. The van der Waals surface area contributed by atoms with Crippen molar-refractivity contribution < 1.29 is 0 Å². The Morgan fingerprint density at radius 2 is 1.94 bits per heavy atom. The van der Waals surface area contributed by atoms with E-state index in [0.717, 1.165) is 62.5 Å². The molecular weight excluding hydrogens is 388 g/mol. The molecule has 1 aromatic carbocycles. The van der Waals surface area contributed by atoms with Crippen LogP contribution < -0.4 is 16.2 Å². The van der Waals surface area contributed by atoms with E-state index in [1.165, 1.54) is 12.8 Å². The smallest absolute Gasteiger partial charge is 0.279 e. The quantitative estimate of drug-likeness (QED) is 0.564. The van der Waals surface area contributed by atoms with E-state index in [2.05, 4.69) is 24.0 Å². The molecule has 2 N–H and O–H groups in total. The van der Waals surface area contributed by atoms with Crippen LogP contribution >= 0.6 is 0 Å². The highest BCUT2D eigenvalue weighted by atomic mass is 16.1. The molecule has 1 aliphatic rings. The van der Waals surface area contributed by atoms with Crippen molar-refractivity contribution in [2.24, 2.45) is 12.8 Å². The summed E-state index contributed by atoms with van der Waals surface area (Å²) < 4.78 is 3.75. The lowest BCUT2D eigenvalue weighted by atomic mass is 10.1.